The van der Waals surface area contributed by atoms with Gasteiger partial charge in [-0.1, -0.05) is 194 Å². The number of benzene rings is 14. The van der Waals surface area contributed by atoms with Crippen LogP contribution in [0.2, 0.25) is 0 Å². The Kier molecular flexibility index (Phi) is 18.9. The first-order valence-electron chi connectivity index (χ1n) is 35.1. The lowest BCUT2D eigenvalue weighted by atomic mass is 9.62. The number of rotatable bonds is 20. The molecule has 2 aliphatic carbocycles. The second kappa shape index (κ2) is 30.2. The largest absolute Gasteiger partial charge is 0.468 e. The summed E-state index contributed by atoms with van der Waals surface area (Å²) in [6, 6.07) is 105. The van der Waals surface area contributed by atoms with E-state index in [9.17, 15) is 10.5 Å². The van der Waals surface area contributed by atoms with Crippen molar-refractivity contribution in [3.05, 3.63) is 372 Å². The van der Waals surface area contributed by atoms with Gasteiger partial charge in [-0.05, 0) is 232 Å². The topological polar surface area (TPSA) is 130 Å². The standard InChI is InChI=1S/C95H64N4O8/c1-98-93-85(102-77-47-39-69(40-48-77)65-23-11-5-12-24-65)31-17-33-87(93)106-90-56-72-52-54-95(60-74(72)58-92(90)107-88-34-18-32-86(94(88)99-2)103-78-49-41-70(42-50-78)66-25-13-6-14-26-66)53-51-71-55-89(104-83-29-15-27-81(79(83)61-96)100-75-43-35-67(36-44-75)63-19-7-3-8-20-63)91(57-73(71)59-95)105-84-30-16-28-82(80(84)62-97)101-76-45-37-68(38-46-76)64-21-9-4-10-22-64/h3-50,55-58H,51-54,59-60H2. The number of para-hydroxylation sites is 2. The van der Waals surface area contributed by atoms with Crippen LogP contribution in [0.5, 0.6) is 92.0 Å². The number of hydrogen-bond donors (Lipinski definition) is 0. The molecule has 12 heteroatoms. The van der Waals surface area contributed by atoms with E-state index >= 15 is 0 Å². The van der Waals surface area contributed by atoms with E-state index in [1.165, 1.54) is 0 Å². The third-order valence-corrected chi connectivity index (χ3v) is 19.5. The van der Waals surface area contributed by atoms with Gasteiger partial charge in [-0.3, -0.25) is 0 Å². The molecule has 0 saturated heterocycles. The van der Waals surface area contributed by atoms with E-state index < -0.39 is 0 Å². The highest BCUT2D eigenvalue weighted by molar-refractivity contribution is 5.74. The quantitative estimate of drug-likeness (QED) is 0.0680. The van der Waals surface area contributed by atoms with Crippen molar-refractivity contribution in [2.45, 2.75) is 38.5 Å². The van der Waals surface area contributed by atoms with Gasteiger partial charge < -0.3 is 37.9 Å². The van der Waals surface area contributed by atoms with Gasteiger partial charge in [-0.25, -0.2) is 9.69 Å². The van der Waals surface area contributed by atoms with E-state index in [-0.39, 0.29) is 50.9 Å². The van der Waals surface area contributed by atoms with Gasteiger partial charge in [0.15, 0.2) is 23.0 Å². The molecule has 512 valence electrons. The highest BCUT2D eigenvalue weighted by atomic mass is 16.5. The summed E-state index contributed by atoms with van der Waals surface area (Å²) in [5, 5.41) is 21.9. The first kappa shape index (κ1) is 67.0. The first-order valence-corrected chi connectivity index (χ1v) is 35.1. The van der Waals surface area contributed by atoms with Crippen LogP contribution < -0.4 is 37.9 Å². The Morgan fingerprint density at radius 2 is 0.486 bits per heavy atom. The van der Waals surface area contributed by atoms with Crippen LogP contribution in [0.4, 0.5) is 11.4 Å². The summed E-state index contributed by atoms with van der Waals surface area (Å²) in [5.74, 6) is 5.74. The molecule has 16 rings (SSSR count). The fourth-order valence-electron chi connectivity index (χ4n) is 14.1. The number of fused-ring (bicyclic) bond motifs is 2. The van der Waals surface area contributed by atoms with Crippen LogP contribution in [-0.4, -0.2) is 0 Å². The van der Waals surface area contributed by atoms with Gasteiger partial charge in [0.2, 0.25) is 0 Å². The SMILES string of the molecule is [C-]#[N+]c1c(Oc2ccc(-c3ccccc3)cc2)cccc1Oc1cc2c(cc1Oc1cccc(Oc3ccc(-c4ccccc4)cc3)c1[N+]#[C-])CC1(CCc3cc(Oc4cccc(Oc5ccc(-c6ccccc6)cc5)c4C#N)c(Oc4cccc(Oc5ccc(-c6ccccc6)cc5)c4C#N)cc3C1)CC2. The summed E-state index contributed by atoms with van der Waals surface area (Å²) in [5.41, 5.74) is 13.0. The Balaban J connectivity index is 0.731. The van der Waals surface area contributed by atoms with Crippen molar-refractivity contribution in [3.8, 4) is 149 Å². The molecule has 12 nitrogen and oxygen atoms in total. The normalized spacial score (nSPS) is 13.2. The zero-order chi connectivity index (χ0) is 72.5. The average molecular weight is 1390 g/mol. The minimum absolute atomic E-state index is 0.158. The predicted octanol–water partition coefficient (Wildman–Crippen LogP) is 26.2. The average Bonchev–Trinajstić information content (AvgIpc) is 0.750. The van der Waals surface area contributed by atoms with Gasteiger partial charge in [-0.15, -0.1) is 0 Å². The van der Waals surface area contributed by atoms with Crippen LogP contribution in [0.3, 0.4) is 0 Å². The Bertz CT molecular complexity index is 5430. The van der Waals surface area contributed by atoms with Crippen molar-refractivity contribution in [3.63, 3.8) is 0 Å². The molecule has 107 heavy (non-hydrogen) atoms. The maximum atomic E-state index is 11.0. The summed E-state index contributed by atoms with van der Waals surface area (Å²) in [4.78, 5) is 7.99. The van der Waals surface area contributed by atoms with Crippen LogP contribution in [0.25, 0.3) is 54.2 Å². The van der Waals surface area contributed by atoms with Crippen molar-refractivity contribution < 1.29 is 37.9 Å². The summed E-state index contributed by atoms with van der Waals surface area (Å²) < 4.78 is 53.5. The predicted molar refractivity (Wildman–Crippen MR) is 415 cm³/mol. The van der Waals surface area contributed by atoms with Crippen molar-refractivity contribution in [1.82, 2.24) is 0 Å². The maximum Gasteiger partial charge on any atom is 0.270 e. The molecule has 14 aromatic rings. The van der Waals surface area contributed by atoms with Gasteiger partial charge >= 0.3 is 0 Å². The highest BCUT2D eigenvalue weighted by Gasteiger charge is 2.39. The molecule has 0 aromatic heterocycles. The molecule has 0 heterocycles. The fraction of sp³-hybridized carbons (Fsp3) is 0.0737. The Labute approximate surface area is 620 Å². The lowest BCUT2D eigenvalue weighted by molar-refractivity contribution is 0.209. The molecule has 1 spiro atoms. The number of nitriles is 2. The zero-order valence-electron chi connectivity index (χ0n) is 57.8. The van der Waals surface area contributed by atoms with Crippen LogP contribution in [-0.2, 0) is 25.7 Å². The number of ether oxygens (including phenoxy) is 8. The molecule has 0 bridgehead atoms. The van der Waals surface area contributed by atoms with Crippen molar-refractivity contribution in [2.24, 2.45) is 5.41 Å². The zero-order valence-corrected chi connectivity index (χ0v) is 57.8. The summed E-state index contributed by atoms with van der Waals surface area (Å²) in [7, 11) is 0. The Morgan fingerprint density at radius 3 is 0.766 bits per heavy atom. The van der Waals surface area contributed by atoms with Crippen molar-refractivity contribution >= 4 is 11.4 Å². The van der Waals surface area contributed by atoms with Gasteiger partial charge in [0.25, 0.3) is 11.4 Å². The highest BCUT2D eigenvalue weighted by Crippen LogP contribution is 2.54. The second-order valence-corrected chi connectivity index (χ2v) is 26.3. The minimum Gasteiger partial charge on any atom is -0.468 e. The molecule has 14 aromatic carbocycles. The maximum absolute atomic E-state index is 11.0. The fourth-order valence-corrected chi connectivity index (χ4v) is 14.1. The Morgan fingerprint density at radius 1 is 0.252 bits per heavy atom. The number of aryl methyl sites for hydroxylation is 2. The third-order valence-electron chi connectivity index (χ3n) is 19.5. The molecule has 1 atom stereocenters. The van der Waals surface area contributed by atoms with E-state index in [4.69, 9.17) is 51.0 Å². The van der Waals surface area contributed by atoms with Crippen LogP contribution in [0, 0.1) is 41.2 Å². The third kappa shape index (κ3) is 14.7. The minimum atomic E-state index is -0.256. The van der Waals surface area contributed by atoms with E-state index in [0.29, 0.717) is 94.7 Å². The number of hydrogen-bond acceptors (Lipinski definition) is 10. The van der Waals surface area contributed by atoms with E-state index in [2.05, 4.69) is 46.1 Å². The lowest BCUT2D eigenvalue weighted by Crippen LogP contribution is -2.35. The molecule has 2 aliphatic rings. The van der Waals surface area contributed by atoms with Gasteiger partial charge in [0.05, 0.1) is 13.1 Å². The lowest BCUT2D eigenvalue weighted by Gasteiger charge is -2.42. The Hall–Kier alpha value is -14.6. The summed E-state index contributed by atoms with van der Waals surface area (Å²) >= 11 is 0. The van der Waals surface area contributed by atoms with Gasteiger partial charge in [-0.2, -0.15) is 10.5 Å². The van der Waals surface area contributed by atoms with Crippen LogP contribution >= 0.6 is 0 Å². The molecular weight excluding hydrogens is 1330 g/mol. The molecule has 0 radical (unpaired) electrons. The summed E-state index contributed by atoms with van der Waals surface area (Å²) in [6.45, 7) is 17.1. The molecule has 0 saturated carbocycles. The molecule has 0 N–H and O–H groups in total. The van der Waals surface area contributed by atoms with E-state index in [1.54, 1.807) is 72.8 Å². The second-order valence-electron chi connectivity index (χ2n) is 26.3. The number of nitrogens with zero attached hydrogens (tertiary/aromatic N) is 4. The van der Waals surface area contributed by atoms with Gasteiger partial charge in [0, 0.05) is 0 Å². The van der Waals surface area contributed by atoms with E-state index in [1.807, 2.05) is 218 Å². The van der Waals surface area contributed by atoms with Crippen LogP contribution in [0.1, 0.15) is 46.2 Å². The molecule has 0 aliphatic heterocycles. The smallest absolute Gasteiger partial charge is 0.270 e. The monoisotopic (exact) mass is 1390 g/mol. The molecule has 0 amide bonds. The van der Waals surface area contributed by atoms with Crippen molar-refractivity contribution in [1.29, 1.82) is 10.5 Å². The molecular formula is C95H64N4O8. The summed E-state index contributed by atoms with van der Waals surface area (Å²) in [6.07, 6.45) is 4.31. The molecule has 0 fully saturated rings. The molecule has 1 unspecified atom stereocenters. The first-order chi connectivity index (χ1) is 52.7. The van der Waals surface area contributed by atoms with Gasteiger partial charge in [0.1, 0.15) is 92.3 Å². The van der Waals surface area contributed by atoms with Crippen LogP contribution in [0.15, 0.2) is 315 Å². The van der Waals surface area contributed by atoms with E-state index in [0.717, 1.165) is 79.6 Å². The van der Waals surface area contributed by atoms with Crippen molar-refractivity contribution in [2.75, 3.05) is 0 Å².